The maximum Gasteiger partial charge on any atom is 0.341 e. The number of aryl methyl sites for hydroxylation is 1. The van der Waals surface area contributed by atoms with Crippen molar-refractivity contribution in [2.75, 3.05) is 4.72 Å². The number of aromatic nitrogens is 2. The van der Waals surface area contributed by atoms with Gasteiger partial charge in [0, 0.05) is 0 Å². The SMILES string of the molecule is Cc1nnc(NS(=O)(=O)c2ccc(F)c(C(=O)O)c2F)s1. The van der Waals surface area contributed by atoms with Crippen LogP contribution in [0.4, 0.5) is 13.9 Å². The molecule has 0 radical (unpaired) electrons. The van der Waals surface area contributed by atoms with Gasteiger partial charge in [0.1, 0.15) is 21.3 Å². The number of carboxylic acid groups (broad SMARTS) is 1. The number of hydrogen-bond donors (Lipinski definition) is 2. The molecule has 2 aromatic rings. The average molecular weight is 335 g/mol. The van der Waals surface area contributed by atoms with Crippen LogP contribution in [-0.2, 0) is 10.0 Å². The largest absolute Gasteiger partial charge is 0.477 e. The van der Waals surface area contributed by atoms with Gasteiger partial charge in [-0.15, -0.1) is 10.2 Å². The molecule has 0 unspecified atom stereocenters. The number of anilines is 1. The van der Waals surface area contributed by atoms with Crippen LogP contribution in [0.3, 0.4) is 0 Å². The number of rotatable bonds is 4. The van der Waals surface area contributed by atoms with Gasteiger partial charge in [0.25, 0.3) is 10.0 Å². The third-order valence-electron chi connectivity index (χ3n) is 2.31. The zero-order chi connectivity index (χ0) is 15.8. The first kappa shape index (κ1) is 15.3. The van der Waals surface area contributed by atoms with Crippen molar-refractivity contribution in [3.63, 3.8) is 0 Å². The highest BCUT2D eigenvalue weighted by atomic mass is 32.2. The summed E-state index contributed by atoms with van der Waals surface area (Å²) in [6.45, 7) is 1.58. The second kappa shape index (κ2) is 5.33. The van der Waals surface area contributed by atoms with Crippen LogP contribution in [0.25, 0.3) is 0 Å². The number of benzene rings is 1. The van der Waals surface area contributed by atoms with Crippen LogP contribution in [0.1, 0.15) is 15.4 Å². The fourth-order valence-corrected chi connectivity index (χ4v) is 3.35. The molecule has 0 aliphatic rings. The topological polar surface area (TPSA) is 109 Å². The Hall–Kier alpha value is -2.14. The summed E-state index contributed by atoms with van der Waals surface area (Å²) in [6.07, 6.45) is 0. The van der Waals surface area contributed by atoms with Gasteiger partial charge in [-0.25, -0.2) is 22.0 Å². The summed E-state index contributed by atoms with van der Waals surface area (Å²) in [4.78, 5) is 9.78. The molecule has 11 heteroatoms. The lowest BCUT2D eigenvalue weighted by molar-refractivity contribution is 0.0685. The molecule has 7 nitrogen and oxygen atoms in total. The zero-order valence-electron chi connectivity index (χ0n) is 10.3. The second-order valence-electron chi connectivity index (χ2n) is 3.77. The number of sulfonamides is 1. The molecule has 0 bridgehead atoms. The Morgan fingerprint density at radius 1 is 1.33 bits per heavy atom. The van der Waals surface area contributed by atoms with Gasteiger partial charge in [-0.2, -0.15) is 0 Å². The summed E-state index contributed by atoms with van der Waals surface area (Å²) >= 11 is 0.903. The maximum atomic E-state index is 13.9. The number of halogens is 2. The number of nitrogens with one attached hydrogen (secondary N) is 1. The fraction of sp³-hybridized carbons (Fsp3) is 0.100. The Balaban J connectivity index is 2.50. The number of carboxylic acids is 1. The van der Waals surface area contributed by atoms with Crippen LogP contribution < -0.4 is 4.72 Å². The molecule has 1 aromatic heterocycles. The highest BCUT2D eigenvalue weighted by Gasteiger charge is 2.27. The van der Waals surface area contributed by atoms with Crippen molar-refractivity contribution in [2.45, 2.75) is 11.8 Å². The van der Waals surface area contributed by atoms with Crippen LogP contribution in [0, 0.1) is 18.6 Å². The first-order chi connectivity index (χ1) is 9.72. The van der Waals surface area contributed by atoms with Crippen molar-refractivity contribution < 1.29 is 27.1 Å². The summed E-state index contributed by atoms with van der Waals surface area (Å²) in [6, 6.07) is 1.19. The molecule has 112 valence electrons. The minimum absolute atomic E-state index is 0.117. The van der Waals surface area contributed by atoms with E-state index in [4.69, 9.17) is 5.11 Å². The third kappa shape index (κ3) is 2.97. The van der Waals surface area contributed by atoms with Crippen molar-refractivity contribution in [1.82, 2.24) is 10.2 Å². The minimum atomic E-state index is -4.45. The molecule has 0 saturated carbocycles. The molecule has 0 fully saturated rings. The zero-order valence-corrected chi connectivity index (χ0v) is 11.9. The molecule has 1 aromatic carbocycles. The summed E-state index contributed by atoms with van der Waals surface area (Å²) < 4.78 is 53.1. The van der Waals surface area contributed by atoms with E-state index in [9.17, 15) is 22.0 Å². The maximum absolute atomic E-state index is 13.9. The summed E-state index contributed by atoms with van der Waals surface area (Å²) in [5.41, 5.74) is -1.34. The number of aromatic carboxylic acids is 1. The first-order valence-electron chi connectivity index (χ1n) is 5.26. The van der Waals surface area contributed by atoms with Gasteiger partial charge in [0.2, 0.25) is 5.13 Å². The predicted molar refractivity (Wildman–Crippen MR) is 68.8 cm³/mol. The quantitative estimate of drug-likeness (QED) is 0.879. The van der Waals surface area contributed by atoms with Gasteiger partial charge in [0.05, 0.1) is 0 Å². The molecule has 1 heterocycles. The minimum Gasteiger partial charge on any atom is -0.477 e. The van der Waals surface area contributed by atoms with E-state index in [1.807, 2.05) is 4.72 Å². The monoisotopic (exact) mass is 335 g/mol. The average Bonchev–Trinajstić information content (AvgIpc) is 2.72. The van der Waals surface area contributed by atoms with E-state index in [1.165, 1.54) is 0 Å². The van der Waals surface area contributed by atoms with E-state index in [2.05, 4.69) is 10.2 Å². The van der Waals surface area contributed by atoms with Crippen LogP contribution in [0.2, 0.25) is 0 Å². The number of carbonyl (C=O) groups is 1. The Kier molecular flexibility index (Phi) is 3.87. The van der Waals surface area contributed by atoms with E-state index in [1.54, 1.807) is 6.92 Å². The highest BCUT2D eigenvalue weighted by molar-refractivity contribution is 7.93. The van der Waals surface area contributed by atoms with E-state index >= 15 is 0 Å². The lowest BCUT2D eigenvalue weighted by Gasteiger charge is -2.08. The predicted octanol–water partition coefficient (Wildman–Crippen LogP) is 1.62. The molecule has 0 aliphatic heterocycles. The first-order valence-corrected chi connectivity index (χ1v) is 7.56. The van der Waals surface area contributed by atoms with Crippen LogP contribution in [0.5, 0.6) is 0 Å². The van der Waals surface area contributed by atoms with Crippen molar-refractivity contribution >= 4 is 32.5 Å². The van der Waals surface area contributed by atoms with Gasteiger partial charge >= 0.3 is 5.97 Å². The molecule has 0 atom stereocenters. The third-order valence-corrected chi connectivity index (χ3v) is 4.55. The summed E-state index contributed by atoms with van der Waals surface area (Å²) in [5, 5.41) is 16.1. The number of nitrogens with zero attached hydrogens (tertiary/aromatic N) is 2. The van der Waals surface area contributed by atoms with Crippen molar-refractivity contribution in [3.05, 3.63) is 34.3 Å². The molecule has 0 amide bonds. The standard InChI is InChI=1S/C10H7F2N3O4S2/c1-4-13-14-10(20-4)15-21(18,19)6-3-2-5(11)7(8(6)12)9(16)17/h2-3H,1H3,(H,14,15)(H,16,17). The van der Waals surface area contributed by atoms with Crippen LogP contribution >= 0.6 is 11.3 Å². The van der Waals surface area contributed by atoms with Crippen molar-refractivity contribution in [1.29, 1.82) is 0 Å². The lowest BCUT2D eigenvalue weighted by atomic mass is 10.2. The molecule has 21 heavy (non-hydrogen) atoms. The van der Waals surface area contributed by atoms with Crippen molar-refractivity contribution in [2.24, 2.45) is 0 Å². The van der Waals surface area contributed by atoms with E-state index in [0.29, 0.717) is 17.1 Å². The molecular weight excluding hydrogens is 328 g/mol. The van der Waals surface area contributed by atoms with Crippen molar-refractivity contribution in [3.8, 4) is 0 Å². The fourth-order valence-electron chi connectivity index (χ4n) is 1.44. The van der Waals surface area contributed by atoms with E-state index in [-0.39, 0.29) is 5.13 Å². The molecule has 0 saturated heterocycles. The van der Waals surface area contributed by atoms with Gasteiger partial charge in [-0.3, -0.25) is 4.72 Å². The smallest absolute Gasteiger partial charge is 0.341 e. The van der Waals surface area contributed by atoms with Gasteiger partial charge in [-0.1, -0.05) is 11.3 Å². The normalized spacial score (nSPS) is 11.4. The summed E-state index contributed by atoms with van der Waals surface area (Å²) in [5.74, 6) is -4.96. The molecule has 2 rings (SSSR count). The van der Waals surface area contributed by atoms with Crippen LogP contribution in [0.15, 0.2) is 17.0 Å². The van der Waals surface area contributed by atoms with Gasteiger partial charge in [-0.05, 0) is 19.1 Å². The summed E-state index contributed by atoms with van der Waals surface area (Å²) in [7, 11) is -4.45. The Morgan fingerprint density at radius 3 is 2.52 bits per heavy atom. The Labute approximate surface area is 121 Å². The number of hydrogen-bond acceptors (Lipinski definition) is 6. The molecule has 0 spiro atoms. The Bertz CT molecular complexity index is 820. The van der Waals surface area contributed by atoms with Crippen LogP contribution in [-0.4, -0.2) is 29.7 Å². The Morgan fingerprint density at radius 2 is 2.00 bits per heavy atom. The van der Waals surface area contributed by atoms with Gasteiger partial charge in [0.15, 0.2) is 5.82 Å². The second-order valence-corrected chi connectivity index (χ2v) is 6.60. The van der Waals surface area contributed by atoms with Gasteiger partial charge < -0.3 is 5.11 Å². The lowest BCUT2D eigenvalue weighted by Crippen LogP contribution is -2.17. The highest BCUT2D eigenvalue weighted by Crippen LogP contribution is 2.24. The molecule has 2 N–H and O–H groups in total. The van der Waals surface area contributed by atoms with E-state index in [0.717, 1.165) is 11.3 Å². The van der Waals surface area contributed by atoms with E-state index < -0.39 is 38.1 Å². The molecular formula is C10H7F2N3O4S2. The molecule has 0 aliphatic carbocycles.